The first-order chi connectivity index (χ1) is 11.1. The molecule has 0 spiro atoms. The Morgan fingerprint density at radius 2 is 2.00 bits per heavy atom. The Balaban J connectivity index is 1.62. The molecule has 0 bridgehead atoms. The summed E-state index contributed by atoms with van der Waals surface area (Å²) >= 11 is 0. The third-order valence-corrected chi connectivity index (χ3v) is 4.16. The standard InChI is InChI=1S/C19H21NO3/c1-3-14-6-4-5-7-18(14)23-15-11-20(12-15)19(22)16-10-13(2)8-9-17(16)21/h4-10,15,21H,3,11-12H2,1-2H3. The molecule has 2 aromatic carbocycles. The van der Waals surface area contributed by atoms with E-state index in [1.54, 1.807) is 23.1 Å². The molecule has 1 saturated heterocycles. The van der Waals surface area contributed by atoms with Gasteiger partial charge in [0.1, 0.15) is 17.6 Å². The third kappa shape index (κ3) is 3.16. The number of para-hydroxylation sites is 1. The van der Waals surface area contributed by atoms with Crippen LogP contribution < -0.4 is 4.74 Å². The lowest BCUT2D eigenvalue weighted by Crippen LogP contribution is -2.56. The van der Waals surface area contributed by atoms with Crippen molar-refractivity contribution < 1.29 is 14.6 Å². The molecule has 4 nitrogen and oxygen atoms in total. The molecule has 1 aliphatic heterocycles. The summed E-state index contributed by atoms with van der Waals surface area (Å²) in [4.78, 5) is 14.1. The fraction of sp³-hybridized carbons (Fsp3) is 0.316. The highest BCUT2D eigenvalue weighted by Gasteiger charge is 2.34. The maximum Gasteiger partial charge on any atom is 0.257 e. The van der Waals surface area contributed by atoms with Crippen molar-refractivity contribution in [2.24, 2.45) is 0 Å². The van der Waals surface area contributed by atoms with Gasteiger partial charge in [0.15, 0.2) is 0 Å². The first kappa shape index (κ1) is 15.4. The van der Waals surface area contributed by atoms with Crippen molar-refractivity contribution in [3.05, 3.63) is 59.2 Å². The van der Waals surface area contributed by atoms with E-state index >= 15 is 0 Å². The van der Waals surface area contributed by atoms with Crippen LogP contribution in [0, 0.1) is 6.92 Å². The molecule has 1 amide bonds. The van der Waals surface area contributed by atoms with Gasteiger partial charge in [-0.25, -0.2) is 0 Å². The van der Waals surface area contributed by atoms with Crippen molar-refractivity contribution in [2.75, 3.05) is 13.1 Å². The Labute approximate surface area is 136 Å². The van der Waals surface area contributed by atoms with Crippen molar-refractivity contribution in [1.29, 1.82) is 0 Å². The number of amides is 1. The molecule has 3 rings (SSSR count). The molecule has 2 aromatic rings. The van der Waals surface area contributed by atoms with Crippen LogP contribution in [0.4, 0.5) is 0 Å². The molecule has 120 valence electrons. The second-order valence-electron chi connectivity index (χ2n) is 5.93. The zero-order valence-corrected chi connectivity index (χ0v) is 13.5. The number of aromatic hydroxyl groups is 1. The second kappa shape index (κ2) is 6.32. The molecule has 1 heterocycles. The summed E-state index contributed by atoms with van der Waals surface area (Å²) in [6.07, 6.45) is 0.932. The SMILES string of the molecule is CCc1ccccc1OC1CN(C(=O)c2cc(C)ccc2O)C1. The highest BCUT2D eigenvalue weighted by atomic mass is 16.5. The number of aryl methyl sites for hydroxylation is 2. The molecule has 0 aliphatic carbocycles. The zero-order valence-electron chi connectivity index (χ0n) is 13.5. The lowest BCUT2D eigenvalue weighted by atomic mass is 10.1. The quantitative estimate of drug-likeness (QED) is 0.943. The van der Waals surface area contributed by atoms with Crippen LogP contribution in [-0.2, 0) is 6.42 Å². The van der Waals surface area contributed by atoms with Crippen LogP contribution in [0.15, 0.2) is 42.5 Å². The summed E-state index contributed by atoms with van der Waals surface area (Å²) in [5.41, 5.74) is 2.49. The molecule has 0 unspecified atom stereocenters. The Kier molecular flexibility index (Phi) is 4.24. The molecule has 0 aromatic heterocycles. The van der Waals surface area contributed by atoms with Crippen LogP contribution >= 0.6 is 0 Å². The predicted molar refractivity (Wildman–Crippen MR) is 89.0 cm³/mol. The predicted octanol–water partition coefficient (Wildman–Crippen LogP) is 3.17. The number of benzene rings is 2. The number of hydrogen-bond donors (Lipinski definition) is 1. The number of likely N-dealkylation sites (tertiary alicyclic amines) is 1. The maximum absolute atomic E-state index is 12.4. The Hall–Kier alpha value is -2.49. The van der Waals surface area contributed by atoms with Gasteiger partial charge in [-0.15, -0.1) is 0 Å². The number of carbonyl (C=O) groups excluding carboxylic acids is 1. The summed E-state index contributed by atoms with van der Waals surface area (Å²) in [6.45, 7) is 5.09. The number of nitrogens with zero attached hydrogens (tertiary/aromatic N) is 1. The van der Waals surface area contributed by atoms with Gasteiger partial charge in [-0.05, 0) is 37.1 Å². The van der Waals surface area contributed by atoms with Gasteiger partial charge in [0, 0.05) is 0 Å². The van der Waals surface area contributed by atoms with Crippen molar-refractivity contribution in [3.63, 3.8) is 0 Å². The van der Waals surface area contributed by atoms with E-state index in [1.807, 2.05) is 25.1 Å². The average molecular weight is 311 g/mol. The Bertz CT molecular complexity index is 720. The lowest BCUT2D eigenvalue weighted by Gasteiger charge is -2.39. The molecule has 0 radical (unpaired) electrons. The number of hydrogen-bond acceptors (Lipinski definition) is 3. The monoisotopic (exact) mass is 311 g/mol. The second-order valence-corrected chi connectivity index (χ2v) is 5.93. The van der Waals surface area contributed by atoms with E-state index in [-0.39, 0.29) is 17.8 Å². The molecule has 1 N–H and O–H groups in total. The van der Waals surface area contributed by atoms with E-state index in [2.05, 4.69) is 13.0 Å². The van der Waals surface area contributed by atoms with Crippen LogP contribution in [0.25, 0.3) is 0 Å². The van der Waals surface area contributed by atoms with Crippen molar-refractivity contribution in [3.8, 4) is 11.5 Å². The average Bonchev–Trinajstić information content (AvgIpc) is 2.52. The molecule has 23 heavy (non-hydrogen) atoms. The first-order valence-electron chi connectivity index (χ1n) is 7.92. The molecular weight excluding hydrogens is 290 g/mol. The van der Waals surface area contributed by atoms with Crippen LogP contribution in [0.2, 0.25) is 0 Å². The van der Waals surface area contributed by atoms with Crippen molar-refractivity contribution in [2.45, 2.75) is 26.4 Å². The first-order valence-corrected chi connectivity index (χ1v) is 7.92. The van der Waals surface area contributed by atoms with E-state index < -0.39 is 0 Å². The van der Waals surface area contributed by atoms with E-state index in [1.165, 1.54) is 5.56 Å². The summed E-state index contributed by atoms with van der Waals surface area (Å²) in [7, 11) is 0. The van der Waals surface area contributed by atoms with E-state index in [0.717, 1.165) is 17.7 Å². The van der Waals surface area contributed by atoms with Crippen LogP contribution in [-0.4, -0.2) is 35.1 Å². The molecular formula is C19H21NO3. The number of phenols is 1. The highest BCUT2D eigenvalue weighted by Crippen LogP contribution is 2.26. The third-order valence-electron chi connectivity index (χ3n) is 4.16. The normalized spacial score (nSPS) is 14.4. The summed E-state index contributed by atoms with van der Waals surface area (Å²) in [6, 6.07) is 13.1. The van der Waals surface area contributed by atoms with Gasteiger partial charge >= 0.3 is 0 Å². The minimum atomic E-state index is -0.144. The fourth-order valence-corrected chi connectivity index (χ4v) is 2.76. The number of carbonyl (C=O) groups is 1. The van der Waals surface area contributed by atoms with E-state index in [0.29, 0.717) is 18.7 Å². The maximum atomic E-state index is 12.4. The smallest absolute Gasteiger partial charge is 0.257 e. The van der Waals surface area contributed by atoms with Crippen molar-refractivity contribution >= 4 is 5.91 Å². The van der Waals surface area contributed by atoms with Crippen LogP contribution in [0.3, 0.4) is 0 Å². The molecule has 0 atom stereocenters. The van der Waals surface area contributed by atoms with Crippen LogP contribution in [0.1, 0.15) is 28.4 Å². The molecule has 1 aliphatic rings. The largest absolute Gasteiger partial charge is 0.507 e. The van der Waals surface area contributed by atoms with Gasteiger partial charge in [0.25, 0.3) is 5.91 Å². The topological polar surface area (TPSA) is 49.8 Å². The summed E-state index contributed by atoms with van der Waals surface area (Å²) < 4.78 is 5.99. The number of phenolic OH excluding ortho intramolecular Hbond substituents is 1. The number of ether oxygens (including phenoxy) is 1. The van der Waals surface area contributed by atoms with E-state index in [9.17, 15) is 9.90 Å². The van der Waals surface area contributed by atoms with Gasteiger partial charge in [-0.2, -0.15) is 0 Å². The molecule has 4 heteroatoms. The highest BCUT2D eigenvalue weighted by molar-refractivity contribution is 5.97. The van der Waals surface area contributed by atoms with E-state index in [4.69, 9.17) is 4.74 Å². The van der Waals surface area contributed by atoms with Gasteiger partial charge in [-0.3, -0.25) is 4.79 Å². The zero-order chi connectivity index (χ0) is 16.4. The summed E-state index contributed by atoms with van der Waals surface area (Å²) in [5, 5.41) is 9.86. The Morgan fingerprint density at radius 1 is 1.26 bits per heavy atom. The van der Waals surface area contributed by atoms with Gasteiger partial charge in [0.05, 0.1) is 18.7 Å². The van der Waals surface area contributed by atoms with Gasteiger partial charge in [0.2, 0.25) is 0 Å². The minimum absolute atomic E-state index is 0.0126. The number of rotatable bonds is 4. The van der Waals surface area contributed by atoms with Crippen LogP contribution in [0.5, 0.6) is 11.5 Å². The lowest BCUT2D eigenvalue weighted by molar-refractivity contribution is 0.0172. The minimum Gasteiger partial charge on any atom is -0.507 e. The molecule has 0 saturated carbocycles. The fourth-order valence-electron chi connectivity index (χ4n) is 2.76. The van der Waals surface area contributed by atoms with Gasteiger partial charge < -0.3 is 14.7 Å². The summed E-state index contributed by atoms with van der Waals surface area (Å²) in [5.74, 6) is 0.779. The molecule has 1 fully saturated rings. The van der Waals surface area contributed by atoms with Crippen molar-refractivity contribution in [1.82, 2.24) is 4.90 Å². The Morgan fingerprint density at radius 3 is 2.74 bits per heavy atom. The van der Waals surface area contributed by atoms with Gasteiger partial charge in [-0.1, -0.05) is 36.8 Å².